The fourth-order valence-electron chi connectivity index (χ4n) is 3.54. The maximum Gasteiger partial charge on any atom is 0.146 e. The van der Waals surface area contributed by atoms with Crippen LogP contribution >= 0.6 is 0 Å². The van der Waals surface area contributed by atoms with E-state index in [2.05, 4.69) is 18.9 Å². The number of likely N-dealkylation sites (tertiary alicyclic amines) is 1. The molecule has 1 aliphatic heterocycles. The topological polar surface area (TPSA) is 20.3 Å². The summed E-state index contributed by atoms with van der Waals surface area (Å²) in [4.78, 5) is 13.7. The van der Waals surface area contributed by atoms with Crippen molar-refractivity contribution in [2.24, 2.45) is 11.3 Å². The van der Waals surface area contributed by atoms with Gasteiger partial charge in [-0.3, -0.25) is 9.69 Å². The first-order valence-corrected chi connectivity index (χ1v) is 8.80. The molecule has 2 rings (SSSR count). The Hall–Kier alpha value is -0.370. The van der Waals surface area contributed by atoms with Gasteiger partial charge in [-0.15, -0.1) is 0 Å². The van der Waals surface area contributed by atoms with Gasteiger partial charge in [0.05, 0.1) is 6.04 Å². The quantitative estimate of drug-likeness (QED) is 0.698. The summed E-state index contributed by atoms with van der Waals surface area (Å²) < 4.78 is 0. The summed E-state index contributed by atoms with van der Waals surface area (Å²) >= 11 is 0. The molecule has 1 saturated heterocycles. The molecule has 3 atom stereocenters. The highest BCUT2D eigenvalue weighted by molar-refractivity contribution is 5.81. The average molecular weight is 286 g/mol. The largest absolute Gasteiger partial charge is 0.298 e. The second kappa shape index (κ2) is 11.3. The van der Waals surface area contributed by atoms with E-state index in [0.29, 0.717) is 11.2 Å². The molecular weight excluding hydrogens is 246 g/mol. The summed E-state index contributed by atoms with van der Waals surface area (Å²) in [6.45, 7) is 17.2. The predicted octanol–water partition coefficient (Wildman–Crippen LogP) is 5.16. The summed E-state index contributed by atoms with van der Waals surface area (Å²) in [6.07, 6.45) is 5.14. The second-order valence-electron chi connectivity index (χ2n) is 5.25. The molecule has 1 saturated carbocycles. The maximum atomic E-state index is 11.4. The van der Waals surface area contributed by atoms with Crippen molar-refractivity contribution in [2.75, 3.05) is 13.6 Å². The zero-order valence-electron chi connectivity index (χ0n) is 15.5. The zero-order valence-corrected chi connectivity index (χ0v) is 15.5. The average Bonchev–Trinajstić information content (AvgIpc) is 2.85. The Morgan fingerprint density at radius 3 is 1.90 bits per heavy atom. The monoisotopic (exact) mass is 285 g/mol. The molecule has 0 aromatic heterocycles. The molecule has 0 N–H and O–H groups in total. The van der Waals surface area contributed by atoms with Crippen molar-refractivity contribution >= 4 is 5.78 Å². The lowest BCUT2D eigenvalue weighted by Gasteiger charge is -2.47. The minimum Gasteiger partial charge on any atom is -0.298 e. The van der Waals surface area contributed by atoms with E-state index in [1.165, 1.54) is 19.3 Å². The van der Waals surface area contributed by atoms with Crippen molar-refractivity contribution in [3.8, 4) is 0 Å². The van der Waals surface area contributed by atoms with Crippen LogP contribution in [0.25, 0.3) is 0 Å². The van der Waals surface area contributed by atoms with E-state index in [1.54, 1.807) is 6.92 Å². The summed E-state index contributed by atoms with van der Waals surface area (Å²) in [5.41, 5.74) is 0.514. The van der Waals surface area contributed by atoms with Gasteiger partial charge in [0.1, 0.15) is 5.78 Å². The van der Waals surface area contributed by atoms with Crippen molar-refractivity contribution in [2.45, 2.75) is 87.1 Å². The van der Waals surface area contributed by atoms with E-state index in [9.17, 15) is 4.79 Å². The smallest absolute Gasteiger partial charge is 0.146 e. The summed E-state index contributed by atoms with van der Waals surface area (Å²) in [5, 5.41) is 0. The first-order valence-electron chi connectivity index (χ1n) is 8.80. The summed E-state index contributed by atoms with van der Waals surface area (Å²) in [6, 6.07) is 0.212. The Kier molecular flexibility index (Phi) is 12.4. The molecule has 2 aliphatic rings. The van der Waals surface area contributed by atoms with Crippen molar-refractivity contribution in [1.82, 2.24) is 4.90 Å². The Morgan fingerprint density at radius 2 is 1.65 bits per heavy atom. The van der Waals surface area contributed by atoms with Crippen LogP contribution in [0.3, 0.4) is 0 Å². The lowest BCUT2D eigenvalue weighted by Crippen LogP contribution is -2.41. The van der Waals surface area contributed by atoms with E-state index in [0.717, 1.165) is 18.9 Å². The maximum absolute atomic E-state index is 11.4. The van der Waals surface area contributed by atoms with Crippen LogP contribution in [-0.2, 0) is 4.79 Å². The molecule has 1 aliphatic carbocycles. The lowest BCUT2D eigenvalue weighted by atomic mass is 9.58. The van der Waals surface area contributed by atoms with Gasteiger partial charge in [-0.2, -0.15) is 0 Å². The molecule has 2 heteroatoms. The lowest BCUT2D eigenvalue weighted by molar-refractivity contribution is -0.120. The fourth-order valence-corrected chi connectivity index (χ4v) is 3.54. The van der Waals surface area contributed by atoms with Crippen LogP contribution in [-0.4, -0.2) is 30.3 Å². The molecular formula is C18H39NO. The van der Waals surface area contributed by atoms with Gasteiger partial charge in [0, 0.05) is 6.54 Å². The number of hydrogen-bond donors (Lipinski definition) is 0. The van der Waals surface area contributed by atoms with Crippen LogP contribution in [0.1, 0.15) is 81.1 Å². The number of carbonyl (C=O) groups is 1. The van der Waals surface area contributed by atoms with E-state index in [4.69, 9.17) is 0 Å². The van der Waals surface area contributed by atoms with E-state index >= 15 is 0 Å². The standard InChI is InChI=1S/C12H21NO.3C2H6/c1-4-10-5-6-12(10)7-11(9(2)14)13(3)8-12;3*1-2/h10-11H,4-8H2,1-3H3;3*1-2H3. The number of ketones is 1. The van der Waals surface area contributed by atoms with Crippen LogP contribution in [0, 0.1) is 11.3 Å². The number of hydrogen-bond acceptors (Lipinski definition) is 2. The normalized spacial score (nSPS) is 30.9. The molecule has 0 aromatic rings. The Labute approximate surface area is 128 Å². The van der Waals surface area contributed by atoms with Crippen LogP contribution in [0.2, 0.25) is 0 Å². The molecule has 20 heavy (non-hydrogen) atoms. The number of likely N-dealkylation sites (N-methyl/N-ethyl adjacent to an activating group) is 1. The van der Waals surface area contributed by atoms with Gasteiger partial charge in [0.25, 0.3) is 0 Å². The van der Waals surface area contributed by atoms with Gasteiger partial charge >= 0.3 is 0 Å². The molecule has 122 valence electrons. The van der Waals surface area contributed by atoms with E-state index in [-0.39, 0.29) is 6.04 Å². The van der Waals surface area contributed by atoms with Gasteiger partial charge in [-0.25, -0.2) is 0 Å². The van der Waals surface area contributed by atoms with Gasteiger partial charge in [0.2, 0.25) is 0 Å². The van der Waals surface area contributed by atoms with Gasteiger partial charge in [0.15, 0.2) is 0 Å². The van der Waals surface area contributed by atoms with Gasteiger partial charge in [-0.05, 0) is 44.6 Å². The third-order valence-electron chi connectivity index (χ3n) is 4.52. The molecule has 2 fully saturated rings. The Morgan fingerprint density at radius 1 is 1.15 bits per heavy atom. The molecule has 2 nitrogen and oxygen atoms in total. The van der Waals surface area contributed by atoms with Crippen molar-refractivity contribution in [3.05, 3.63) is 0 Å². The highest BCUT2D eigenvalue weighted by Gasteiger charge is 2.52. The first kappa shape index (κ1) is 21.9. The highest BCUT2D eigenvalue weighted by Crippen LogP contribution is 2.55. The minimum atomic E-state index is 0.212. The fraction of sp³-hybridized carbons (Fsp3) is 0.944. The number of rotatable bonds is 2. The van der Waals surface area contributed by atoms with Crippen molar-refractivity contribution in [3.63, 3.8) is 0 Å². The molecule has 0 aromatic carbocycles. The second-order valence-corrected chi connectivity index (χ2v) is 5.25. The molecule has 3 unspecified atom stereocenters. The Bertz CT molecular complexity index is 250. The number of nitrogens with zero attached hydrogens (tertiary/aromatic N) is 1. The molecule has 0 radical (unpaired) electrons. The van der Waals surface area contributed by atoms with E-state index < -0.39 is 0 Å². The SMILES string of the molecule is CC.CC.CC.CCC1CCC12CC(C(C)=O)N(C)C2. The summed E-state index contributed by atoms with van der Waals surface area (Å²) in [7, 11) is 2.10. The van der Waals surface area contributed by atoms with Crippen LogP contribution < -0.4 is 0 Å². The predicted molar refractivity (Wildman–Crippen MR) is 91.2 cm³/mol. The molecule has 1 spiro atoms. The van der Waals surface area contributed by atoms with Crippen molar-refractivity contribution < 1.29 is 4.79 Å². The Balaban J connectivity index is 0. The first-order chi connectivity index (χ1) is 9.59. The summed E-state index contributed by atoms with van der Waals surface area (Å²) in [5.74, 6) is 1.24. The van der Waals surface area contributed by atoms with Crippen molar-refractivity contribution in [1.29, 1.82) is 0 Å². The number of carbonyl (C=O) groups excluding carboxylic acids is 1. The van der Waals surface area contributed by atoms with Crippen LogP contribution in [0.5, 0.6) is 0 Å². The molecule has 0 amide bonds. The van der Waals surface area contributed by atoms with Crippen LogP contribution in [0.4, 0.5) is 0 Å². The molecule has 0 bridgehead atoms. The van der Waals surface area contributed by atoms with E-state index in [1.807, 2.05) is 41.5 Å². The number of Topliss-reactive ketones (excluding diaryl/α,β-unsaturated/α-hetero) is 1. The van der Waals surface area contributed by atoms with Gasteiger partial charge in [-0.1, -0.05) is 54.9 Å². The van der Waals surface area contributed by atoms with Crippen LogP contribution in [0.15, 0.2) is 0 Å². The minimum absolute atomic E-state index is 0.212. The third-order valence-corrected chi connectivity index (χ3v) is 4.52. The molecule has 1 heterocycles. The van der Waals surface area contributed by atoms with Gasteiger partial charge < -0.3 is 0 Å². The highest BCUT2D eigenvalue weighted by atomic mass is 16.1. The zero-order chi connectivity index (χ0) is 16.3. The third kappa shape index (κ3) is 4.87.